The molecular formula is C27H30ClN3O6S2. The first kappa shape index (κ1) is 28.9. The first-order chi connectivity index (χ1) is 18.5. The molecule has 0 aliphatic carbocycles. The van der Waals surface area contributed by atoms with E-state index < -0.39 is 32.5 Å². The number of hydrogen-bond acceptors (Lipinski definition) is 6. The average Bonchev–Trinajstić information content (AvgIpc) is 2.92. The molecule has 9 nitrogen and oxygen atoms in total. The van der Waals surface area contributed by atoms with Gasteiger partial charge in [-0.25, -0.2) is 16.8 Å². The second-order valence-corrected chi connectivity index (χ2v) is 13.4. The Bertz CT molecular complexity index is 1550. The van der Waals surface area contributed by atoms with Crippen molar-refractivity contribution in [3.05, 3.63) is 77.3 Å². The van der Waals surface area contributed by atoms with Crippen LogP contribution in [-0.2, 0) is 24.8 Å². The van der Waals surface area contributed by atoms with Gasteiger partial charge in [0.15, 0.2) is 0 Å². The second kappa shape index (κ2) is 12.0. The Morgan fingerprint density at radius 2 is 1.67 bits per heavy atom. The number of piperidine rings is 1. The highest BCUT2D eigenvalue weighted by Crippen LogP contribution is 2.31. The SMILES string of the molecule is COc1ccc(NC(=O)CN(c2cccc(C)c2)S(=O)(=O)c2ccc(Cl)cc2)cc1S(=O)(=O)N1CCCCC1. The highest BCUT2D eigenvalue weighted by Gasteiger charge is 2.30. The van der Waals surface area contributed by atoms with E-state index in [1.54, 1.807) is 18.2 Å². The fourth-order valence-electron chi connectivity index (χ4n) is 4.36. The van der Waals surface area contributed by atoms with Crippen LogP contribution >= 0.6 is 11.6 Å². The third-order valence-electron chi connectivity index (χ3n) is 6.36. The lowest BCUT2D eigenvalue weighted by atomic mass is 10.2. The maximum Gasteiger partial charge on any atom is 0.264 e. The summed E-state index contributed by atoms with van der Waals surface area (Å²) in [6.45, 7) is 2.10. The van der Waals surface area contributed by atoms with Crippen LogP contribution in [0.3, 0.4) is 0 Å². The first-order valence-corrected chi connectivity index (χ1v) is 15.6. The third-order valence-corrected chi connectivity index (χ3v) is 10.3. The number of hydrogen-bond donors (Lipinski definition) is 1. The number of anilines is 2. The van der Waals surface area contributed by atoms with Gasteiger partial charge < -0.3 is 10.1 Å². The van der Waals surface area contributed by atoms with Crippen LogP contribution in [0.4, 0.5) is 11.4 Å². The summed E-state index contributed by atoms with van der Waals surface area (Å²) in [5.74, 6) is -0.495. The van der Waals surface area contributed by atoms with E-state index >= 15 is 0 Å². The Kier molecular flexibility index (Phi) is 8.85. The van der Waals surface area contributed by atoms with E-state index in [2.05, 4.69) is 5.32 Å². The van der Waals surface area contributed by atoms with E-state index in [9.17, 15) is 21.6 Å². The van der Waals surface area contributed by atoms with Gasteiger partial charge in [-0.15, -0.1) is 0 Å². The van der Waals surface area contributed by atoms with Crippen LogP contribution in [-0.4, -0.2) is 53.8 Å². The molecule has 4 rings (SSSR count). The number of nitrogens with zero attached hydrogens (tertiary/aromatic N) is 2. The predicted octanol–water partition coefficient (Wildman–Crippen LogP) is 4.67. The highest BCUT2D eigenvalue weighted by atomic mass is 35.5. The summed E-state index contributed by atoms with van der Waals surface area (Å²) in [5.41, 5.74) is 1.32. The van der Waals surface area contributed by atoms with Gasteiger partial charge >= 0.3 is 0 Å². The molecule has 3 aromatic carbocycles. The quantitative estimate of drug-likeness (QED) is 0.387. The van der Waals surface area contributed by atoms with Gasteiger partial charge in [-0.05, 0) is 79.9 Å². The molecule has 39 heavy (non-hydrogen) atoms. The molecule has 0 aromatic heterocycles. The van der Waals surface area contributed by atoms with E-state index in [1.807, 2.05) is 13.0 Å². The molecule has 0 spiro atoms. The fourth-order valence-corrected chi connectivity index (χ4v) is 7.60. The number of amides is 1. The summed E-state index contributed by atoms with van der Waals surface area (Å²) >= 11 is 5.94. The molecule has 1 N–H and O–H groups in total. The first-order valence-electron chi connectivity index (χ1n) is 12.4. The van der Waals surface area contributed by atoms with Gasteiger partial charge in [-0.1, -0.05) is 30.2 Å². The minimum Gasteiger partial charge on any atom is -0.495 e. The monoisotopic (exact) mass is 591 g/mol. The molecule has 0 bridgehead atoms. The number of rotatable bonds is 9. The number of benzene rings is 3. The second-order valence-electron chi connectivity index (χ2n) is 9.18. The number of ether oxygens (including phenoxy) is 1. The normalized spacial score (nSPS) is 14.5. The topological polar surface area (TPSA) is 113 Å². The Hall–Kier alpha value is -3.12. The summed E-state index contributed by atoms with van der Waals surface area (Å²) in [4.78, 5) is 13.1. The lowest BCUT2D eigenvalue weighted by Gasteiger charge is -2.27. The molecule has 208 valence electrons. The lowest BCUT2D eigenvalue weighted by Crippen LogP contribution is -2.38. The van der Waals surface area contributed by atoms with Crippen molar-refractivity contribution in [1.29, 1.82) is 0 Å². The summed E-state index contributed by atoms with van der Waals surface area (Å²) in [5, 5.41) is 3.03. The van der Waals surface area contributed by atoms with Crippen molar-refractivity contribution in [2.45, 2.75) is 36.0 Å². The number of carbonyl (C=O) groups excluding carboxylic acids is 1. The molecular weight excluding hydrogens is 562 g/mol. The molecule has 1 saturated heterocycles. The molecule has 1 aliphatic rings. The molecule has 0 atom stereocenters. The summed E-state index contributed by atoms with van der Waals surface area (Å²) in [7, 11) is -6.62. The Labute approximate surface area is 234 Å². The maximum atomic E-state index is 13.6. The third kappa shape index (κ3) is 6.55. The minimum absolute atomic E-state index is 0.0273. The van der Waals surface area contributed by atoms with Gasteiger partial charge in [0.25, 0.3) is 10.0 Å². The standard InChI is InChI=1S/C27H30ClN3O6S2/c1-20-7-6-8-23(17-20)31(38(33,34)24-12-9-21(28)10-13-24)19-27(32)29-22-11-14-25(37-2)26(18-22)39(35,36)30-15-4-3-5-16-30/h6-14,17-18H,3-5,15-16,19H2,1-2H3,(H,29,32). The van der Waals surface area contributed by atoms with Crippen LogP contribution in [0.5, 0.6) is 5.75 Å². The predicted molar refractivity (Wildman–Crippen MR) is 151 cm³/mol. The van der Waals surface area contributed by atoms with Gasteiger partial charge in [-0.3, -0.25) is 9.10 Å². The van der Waals surface area contributed by atoms with E-state index in [1.165, 1.54) is 53.9 Å². The van der Waals surface area contributed by atoms with E-state index in [-0.39, 0.29) is 21.2 Å². The molecule has 0 unspecified atom stereocenters. The number of nitrogens with one attached hydrogen (secondary N) is 1. The van der Waals surface area contributed by atoms with Crippen LogP contribution in [0.1, 0.15) is 24.8 Å². The van der Waals surface area contributed by atoms with Gasteiger partial charge in [0.05, 0.1) is 17.7 Å². The van der Waals surface area contributed by atoms with Gasteiger partial charge in [0.1, 0.15) is 17.2 Å². The molecule has 1 aliphatic heterocycles. The smallest absolute Gasteiger partial charge is 0.264 e. The lowest BCUT2D eigenvalue weighted by molar-refractivity contribution is -0.114. The highest BCUT2D eigenvalue weighted by molar-refractivity contribution is 7.92. The van der Waals surface area contributed by atoms with Crippen LogP contribution in [0.15, 0.2) is 76.5 Å². The molecule has 3 aromatic rings. The Morgan fingerprint density at radius 3 is 2.31 bits per heavy atom. The van der Waals surface area contributed by atoms with Crippen LogP contribution in [0.25, 0.3) is 0 Å². The average molecular weight is 592 g/mol. The summed E-state index contributed by atoms with van der Waals surface area (Å²) in [6.07, 6.45) is 2.51. The molecule has 1 amide bonds. The van der Waals surface area contributed by atoms with E-state index in [0.717, 1.165) is 29.1 Å². The molecule has 0 radical (unpaired) electrons. The number of aryl methyl sites for hydroxylation is 1. The van der Waals surface area contributed by atoms with Crippen molar-refractivity contribution in [3.8, 4) is 5.75 Å². The summed E-state index contributed by atoms with van der Waals surface area (Å²) < 4.78 is 61.6. The van der Waals surface area contributed by atoms with Gasteiger partial charge in [0.2, 0.25) is 15.9 Å². The zero-order valence-corrected chi connectivity index (χ0v) is 24.0. The van der Waals surface area contributed by atoms with Crippen LogP contribution < -0.4 is 14.4 Å². The van der Waals surface area contributed by atoms with Crippen molar-refractivity contribution in [2.75, 3.05) is 36.4 Å². The van der Waals surface area contributed by atoms with E-state index in [0.29, 0.717) is 23.8 Å². The van der Waals surface area contributed by atoms with Crippen molar-refractivity contribution >= 4 is 48.9 Å². The van der Waals surface area contributed by atoms with Crippen LogP contribution in [0.2, 0.25) is 5.02 Å². The maximum absolute atomic E-state index is 13.6. The van der Waals surface area contributed by atoms with Crippen LogP contribution in [0, 0.1) is 6.92 Å². The molecule has 1 fully saturated rings. The Morgan fingerprint density at radius 1 is 0.974 bits per heavy atom. The molecule has 12 heteroatoms. The number of methoxy groups -OCH3 is 1. The van der Waals surface area contributed by atoms with Crippen molar-refractivity contribution in [2.24, 2.45) is 0 Å². The Balaban J connectivity index is 1.64. The number of halogens is 1. The number of carbonyl (C=O) groups is 1. The molecule has 0 saturated carbocycles. The zero-order valence-electron chi connectivity index (χ0n) is 21.6. The minimum atomic E-state index is -4.14. The van der Waals surface area contributed by atoms with Crippen molar-refractivity contribution in [1.82, 2.24) is 4.31 Å². The van der Waals surface area contributed by atoms with E-state index in [4.69, 9.17) is 16.3 Å². The number of sulfonamides is 2. The van der Waals surface area contributed by atoms with Crippen molar-refractivity contribution in [3.63, 3.8) is 0 Å². The van der Waals surface area contributed by atoms with Crippen molar-refractivity contribution < 1.29 is 26.4 Å². The fraction of sp³-hybridized carbons (Fsp3) is 0.296. The summed E-state index contributed by atoms with van der Waals surface area (Å²) in [6, 6.07) is 16.8. The van der Waals surface area contributed by atoms with Gasteiger partial charge in [-0.2, -0.15) is 4.31 Å². The van der Waals surface area contributed by atoms with Gasteiger partial charge in [0, 0.05) is 23.8 Å². The molecule has 1 heterocycles. The zero-order chi connectivity index (χ0) is 28.2. The largest absolute Gasteiger partial charge is 0.495 e.